The Labute approximate surface area is 163 Å². The molecule has 2 aromatic carbocycles. The highest BCUT2D eigenvalue weighted by Gasteiger charge is 2.44. The Bertz CT molecular complexity index is 881. The van der Waals surface area contributed by atoms with Crippen LogP contribution in [0.3, 0.4) is 0 Å². The molecule has 1 aliphatic heterocycles. The molecule has 27 heavy (non-hydrogen) atoms. The number of rotatable bonds is 3. The lowest BCUT2D eigenvalue weighted by atomic mass is 9.71. The molecule has 0 unspecified atom stereocenters. The van der Waals surface area contributed by atoms with Crippen LogP contribution in [0, 0.1) is 17.8 Å². The Morgan fingerprint density at radius 2 is 1.93 bits per heavy atom. The molecule has 2 aliphatic rings. The summed E-state index contributed by atoms with van der Waals surface area (Å²) in [7, 11) is 0. The van der Waals surface area contributed by atoms with Gasteiger partial charge in [0.2, 0.25) is 11.8 Å². The van der Waals surface area contributed by atoms with Crippen molar-refractivity contribution in [2.45, 2.75) is 12.8 Å². The average molecular weight is 381 g/mol. The number of carbonyl (C=O) groups is 2. The van der Waals surface area contributed by atoms with E-state index in [2.05, 4.69) is 11.4 Å². The molecule has 0 bridgehead atoms. The molecule has 1 N–H and O–H groups in total. The molecule has 1 aliphatic carbocycles. The third-order valence-corrected chi connectivity index (χ3v) is 5.64. The Hall–Kier alpha value is -2.59. The van der Waals surface area contributed by atoms with Crippen LogP contribution in [0.5, 0.6) is 0 Å². The van der Waals surface area contributed by atoms with E-state index in [-0.39, 0.29) is 29.6 Å². The molecule has 5 heteroatoms. The highest BCUT2D eigenvalue weighted by molar-refractivity contribution is 6.30. The summed E-state index contributed by atoms with van der Waals surface area (Å²) in [5.74, 6) is -0.685. The second-order valence-corrected chi connectivity index (χ2v) is 7.51. The lowest BCUT2D eigenvalue weighted by Crippen LogP contribution is -2.51. The molecule has 3 atom stereocenters. The second-order valence-electron chi connectivity index (χ2n) is 7.07. The van der Waals surface area contributed by atoms with Gasteiger partial charge in [-0.05, 0) is 49.1 Å². The molecule has 0 spiro atoms. The van der Waals surface area contributed by atoms with E-state index in [9.17, 15) is 9.59 Å². The highest BCUT2D eigenvalue weighted by atomic mass is 35.5. The van der Waals surface area contributed by atoms with Gasteiger partial charge in [-0.2, -0.15) is 0 Å². The number of para-hydroxylation sites is 1. The summed E-state index contributed by atoms with van der Waals surface area (Å²) in [5.41, 5.74) is 1.55. The number of amides is 2. The number of carbonyl (C=O) groups excluding carboxylic acids is 2. The van der Waals surface area contributed by atoms with Crippen molar-refractivity contribution in [1.82, 2.24) is 0 Å². The topological polar surface area (TPSA) is 49.4 Å². The van der Waals surface area contributed by atoms with Crippen LogP contribution in [0.25, 0.3) is 0 Å². The Kier molecular flexibility index (Phi) is 4.99. The first-order valence-electron chi connectivity index (χ1n) is 9.23. The lowest BCUT2D eigenvalue weighted by Gasteiger charge is -2.41. The van der Waals surface area contributed by atoms with Gasteiger partial charge >= 0.3 is 0 Å². The maximum atomic E-state index is 13.3. The predicted octanol–water partition coefficient (Wildman–Crippen LogP) is 4.52. The van der Waals surface area contributed by atoms with Crippen LogP contribution in [0.4, 0.5) is 11.4 Å². The van der Waals surface area contributed by atoms with Crippen LogP contribution in [-0.2, 0) is 9.59 Å². The number of fused-ring (bicyclic) bond motifs is 1. The predicted molar refractivity (Wildman–Crippen MR) is 108 cm³/mol. The fraction of sp³-hybridized carbons (Fsp3) is 0.273. The largest absolute Gasteiger partial charge is 0.326 e. The van der Waals surface area contributed by atoms with Gasteiger partial charge in [-0.3, -0.25) is 9.59 Å². The van der Waals surface area contributed by atoms with E-state index in [1.165, 1.54) is 0 Å². The van der Waals surface area contributed by atoms with Crippen LogP contribution in [0.15, 0.2) is 66.7 Å². The van der Waals surface area contributed by atoms with Crippen molar-refractivity contribution >= 4 is 34.8 Å². The van der Waals surface area contributed by atoms with E-state index in [1.54, 1.807) is 24.3 Å². The minimum atomic E-state index is -0.377. The first-order valence-corrected chi connectivity index (χ1v) is 9.61. The standard InChI is InChI=1S/C22H21ClN2O2/c23-16-7-5-8-17(14-16)24-21(26)19-11-4-6-15-12-13-25(22(27)20(15)19)18-9-2-1-3-10-18/h1-10,14-15,19-20H,11-13H2,(H,24,26)/t15-,19-,20+/m0/s1. The number of benzene rings is 2. The number of nitrogens with one attached hydrogen (secondary N) is 1. The summed E-state index contributed by atoms with van der Waals surface area (Å²) < 4.78 is 0. The van der Waals surface area contributed by atoms with Crippen LogP contribution < -0.4 is 10.2 Å². The first-order chi connectivity index (χ1) is 13.1. The van der Waals surface area contributed by atoms with Crippen molar-refractivity contribution in [1.29, 1.82) is 0 Å². The molecule has 0 aromatic heterocycles. The van der Waals surface area contributed by atoms with Crippen molar-refractivity contribution in [2.24, 2.45) is 17.8 Å². The maximum absolute atomic E-state index is 13.3. The van der Waals surface area contributed by atoms with Crippen LogP contribution in [0.2, 0.25) is 5.02 Å². The fourth-order valence-electron chi connectivity index (χ4n) is 4.10. The zero-order valence-electron chi connectivity index (χ0n) is 14.8. The summed E-state index contributed by atoms with van der Waals surface area (Å²) in [4.78, 5) is 28.1. The quantitative estimate of drug-likeness (QED) is 0.795. The van der Waals surface area contributed by atoms with Gasteiger partial charge in [-0.25, -0.2) is 0 Å². The van der Waals surface area contributed by atoms with Gasteiger partial charge in [-0.1, -0.05) is 48.0 Å². The van der Waals surface area contributed by atoms with Gasteiger partial charge in [0.15, 0.2) is 0 Å². The number of nitrogens with zero attached hydrogens (tertiary/aromatic N) is 1. The van der Waals surface area contributed by atoms with Gasteiger partial charge in [0.05, 0.1) is 11.8 Å². The summed E-state index contributed by atoms with van der Waals surface area (Å²) >= 11 is 6.01. The van der Waals surface area contributed by atoms with Gasteiger partial charge in [-0.15, -0.1) is 0 Å². The Morgan fingerprint density at radius 1 is 1.11 bits per heavy atom. The van der Waals surface area contributed by atoms with Gasteiger partial charge in [0, 0.05) is 22.9 Å². The summed E-state index contributed by atoms with van der Waals surface area (Å²) in [6.45, 7) is 0.678. The first kappa shape index (κ1) is 17.8. The zero-order valence-corrected chi connectivity index (χ0v) is 15.6. The van der Waals surface area contributed by atoms with Crippen molar-refractivity contribution < 1.29 is 9.59 Å². The lowest BCUT2D eigenvalue weighted by molar-refractivity contribution is -0.133. The molecular weight excluding hydrogens is 360 g/mol. The van der Waals surface area contributed by atoms with Crippen LogP contribution in [-0.4, -0.2) is 18.4 Å². The van der Waals surface area contributed by atoms with Gasteiger partial charge < -0.3 is 10.2 Å². The average Bonchev–Trinajstić information content (AvgIpc) is 2.68. The number of anilines is 2. The van der Waals surface area contributed by atoms with Crippen molar-refractivity contribution in [3.63, 3.8) is 0 Å². The molecule has 0 radical (unpaired) electrons. The molecule has 4 nitrogen and oxygen atoms in total. The molecule has 1 heterocycles. The second kappa shape index (κ2) is 7.57. The van der Waals surface area contributed by atoms with E-state index in [0.29, 0.717) is 23.7 Å². The van der Waals surface area contributed by atoms with E-state index in [0.717, 1.165) is 12.1 Å². The monoisotopic (exact) mass is 380 g/mol. The van der Waals surface area contributed by atoms with E-state index >= 15 is 0 Å². The normalized spacial score (nSPS) is 24.4. The number of hydrogen-bond acceptors (Lipinski definition) is 2. The number of piperidine rings is 1. The van der Waals surface area contributed by atoms with Gasteiger partial charge in [0.25, 0.3) is 0 Å². The summed E-state index contributed by atoms with van der Waals surface area (Å²) in [6.07, 6.45) is 5.58. The van der Waals surface area contributed by atoms with Crippen molar-refractivity contribution in [2.75, 3.05) is 16.8 Å². The molecule has 1 saturated heterocycles. The van der Waals surface area contributed by atoms with E-state index in [1.807, 2.05) is 41.3 Å². The maximum Gasteiger partial charge on any atom is 0.231 e. The minimum Gasteiger partial charge on any atom is -0.326 e. The third kappa shape index (κ3) is 3.62. The van der Waals surface area contributed by atoms with Crippen molar-refractivity contribution in [3.8, 4) is 0 Å². The Morgan fingerprint density at radius 3 is 2.70 bits per heavy atom. The van der Waals surface area contributed by atoms with Gasteiger partial charge in [0.1, 0.15) is 0 Å². The smallest absolute Gasteiger partial charge is 0.231 e. The number of halogens is 1. The van der Waals surface area contributed by atoms with Crippen molar-refractivity contribution in [3.05, 3.63) is 71.8 Å². The molecule has 138 valence electrons. The molecule has 4 rings (SSSR count). The van der Waals surface area contributed by atoms with E-state index in [4.69, 9.17) is 11.6 Å². The number of hydrogen-bond donors (Lipinski definition) is 1. The molecule has 0 saturated carbocycles. The zero-order chi connectivity index (χ0) is 18.8. The van der Waals surface area contributed by atoms with Crippen LogP contribution >= 0.6 is 11.6 Å². The highest BCUT2D eigenvalue weighted by Crippen LogP contribution is 2.39. The molecular formula is C22H21ClN2O2. The Balaban J connectivity index is 1.57. The summed E-state index contributed by atoms with van der Waals surface area (Å²) in [5, 5.41) is 3.50. The third-order valence-electron chi connectivity index (χ3n) is 5.40. The molecule has 1 fully saturated rings. The number of allylic oxidation sites excluding steroid dienone is 2. The van der Waals surface area contributed by atoms with E-state index < -0.39 is 0 Å². The minimum absolute atomic E-state index is 0.0352. The van der Waals surface area contributed by atoms with Crippen LogP contribution in [0.1, 0.15) is 12.8 Å². The molecule has 2 amide bonds. The fourth-order valence-corrected chi connectivity index (χ4v) is 4.29. The SMILES string of the molecule is O=C(Nc1cccc(Cl)c1)[C@H]1CC=C[C@H]2CCN(c3ccccc3)C(=O)[C@@H]12. The molecule has 2 aromatic rings. The summed E-state index contributed by atoms with van der Waals surface area (Å²) in [6, 6.07) is 16.8.